The number of nitrogens with zero attached hydrogens (tertiary/aromatic N) is 1. The third-order valence-electron chi connectivity index (χ3n) is 5.75. The zero-order valence-electron chi connectivity index (χ0n) is 18.8. The van der Waals surface area contributed by atoms with Gasteiger partial charge in [-0.05, 0) is 63.4 Å². The van der Waals surface area contributed by atoms with Gasteiger partial charge in [0.25, 0.3) is 11.8 Å². The maximum Gasteiger partial charge on any atom is 0.266 e. The Kier molecular flexibility index (Phi) is 7.29. The van der Waals surface area contributed by atoms with Crippen molar-refractivity contribution in [2.75, 3.05) is 10.7 Å². The van der Waals surface area contributed by atoms with Crippen LogP contribution in [-0.2, 0) is 21.1 Å². The van der Waals surface area contributed by atoms with Gasteiger partial charge in [-0.3, -0.25) is 14.4 Å². The van der Waals surface area contributed by atoms with Crippen molar-refractivity contribution >= 4 is 33.1 Å². The first-order chi connectivity index (χ1) is 15.1. The standard InChI is InChI=1S/C25H29NO5S/c1-17(2)32(30,31)14-6-4-5-7-21(27)15-19-10-13-22-23(16-19)25(29)26(24(22)28)20-11-8-18(3)9-12-20/h8-13,16-17H,4-7,14-15H2,1-3H3. The number of unbranched alkanes of at least 4 members (excludes halogenated alkanes) is 2. The molecule has 1 heterocycles. The van der Waals surface area contributed by atoms with E-state index in [2.05, 4.69) is 0 Å². The first-order valence-electron chi connectivity index (χ1n) is 10.9. The van der Waals surface area contributed by atoms with E-state index in [0.29, 0.717) is 48.1 Å². The summed E-state index contributed by atoms with van der Waals surface area (Å²) in [5, 5.41) is -0.375. The lowest BCUT2D eigenvalue weighted by Gasteiger charge is -2.13. The highest BCUT2D eigenvalue weighted by Crippen LogP contribution is 2.29. The van der Waals surface area contributed by atoms with Crippen molar-refractivity contribution in [3.63, 3.8) is 0 Å². The number of aryl methyl sites for hydroxylation is 1. The smallest absolute Gasteiger partial charge is 0.266 e. The van der Waals surface area contributed by atoms with Crippen LogP contribution in [0.2, 0.25) is 0 Å². The predicted molar refractivity (Wildman–Crippen MR) is 125 cm³/mol. The van der Waals surface area contributed by atoms with E-state index >= 15 is 0 Å². The number of carbonyl (C=O) groups excluding carboxylic acids is 3. The SMILES string of the molecule is Cc1ccc(N2C(=O)c3ccc(CC(=O)CCCCCS(=O)(=O)C(C)C)cc3C2=O)cc1. The average molecular weight is 456 g/mol. The molecule has 170 valence electrons. The van der Waals surface area contributed by atoms with Crippen LogP contribution < -0.4 is 4.90 Å². The second-order valence-corrected chi connectivity index (χ2v) is 11.3. The summed E-state index contributed by atoms with van der Waals surface area (Å²) in [6.07, 6.45) is 2.42. The van der Waals surface area contributed by atoms with Gasteiger partial charge in [0.15, 0.2) is 9.84 Å². The van der Waals surface area contributed by atoms with Crippen molar-refractivity contribution < 1.29 is 22.8 Å². The van der Waals surface area contributed by atoms with Gasteiger partial charge in [-0.25, -0.2) is 13.3 Å². The lowest BCUT2D eigenvalue weighted by Crippen LogP contribution is -2.29. The van der Waals surface area contributed by atoms with E-state index in [-0.39, 0.29) is 35.0 Å². The lowest BCUT2D eigenvalue weighted by atomic mass is 10.00. The Labute approximate surface area is 189 Å². The zero-order valence-corrected chi connectivity index (χ0v) is 19.6. The second-order valence-electron chi connectivity index (χ2n) is 8.60. The molecule has 0 aromatic heterocycles. The molecule has 3 rings (SSSR count). The quantitative estimate of drug-likeness (QED) is 0.394. The van der Waals surface area contributed by atoms with Gasteiger partial charge in [0.2, 0.25) is 0 Å². The number of fused-ring (bicyclic) bond motifs is 1. The molecule has 0 unspecified atom stereocenters. The van der Waals surface area contributed by atoms with E-state index in [1.807, 2.05) is 19.1 Å². The van der Waals surface area contributed by atoms with Gasteiger partial charge >= 0.3 is 0 Å². The third-order valence-corrected chi connectivity index (χ3v) is 8.04. The van der Waals surface area contributed by atoms with E-state index in [1.165, 1.54) is 4.90 Å². The highest BCUT2D eigenvalue weighted by atomic mass is 32.2. The number of amides is 2. The first kappa shape index (κ1) is 23.9. The van der Waals surface area contributed by atoms with Crippen LogP contribution in [0.4, 0.5) is 5.69 Å². The van der Waals surface area contributed by atoms with Crippen LogP contribution in [0.15, 0.2) is 42.5 Å². The number of imide groups is 1. The molecule has 6 nitrogen and oxygen atoms in total. The molecule has 2 amide bonds. The van der Waals surface area contributed by atoms with Gasteiger partial charge < -0.3 is 0 Å². The number of ketones is 1. The van der Waals surface area contributed by atoms with E-state index < -0.39 is 9.84 Å². The third kappa shape index (κ3) is 5.33. The lowest BCUT2D eigenvalue weighted by molar-refractivity contribution is -0.118. The maximum absolute atomic E-state index is 12.9. The molecule has 0 saturated heterocycles. The largest absolute Gasteiger partial charge is 0.299 e. The molecule has 2 aromatic carbocycles. The molecule has 0 bridgehead atoms. The summed E-state index contributed by atoms with van der Waals surface area (Å²) in [5.74, 6) is -0.557. The van der Waals surface area contributed by atoms with E-state index in [9.17, 15) is 22.8 Å². The Bertz CT molecular complexity index is 1130. The summed E-state index contributed by atoms with van der Waals surface area (Å²) < 4.78 is 23.6. The topological polar surface area (TPSA) is 88.6 Å². The van der Waals surface area contributed by atoms with Crippen molar-refractivity contribution in [1.82, 2.24) is 0 Å². The molecule has 1 aliphatic rings. The number of hydrogen-bond donors (Lipinski definition) is 0. The van der Waals surface area contributed by atoms with Gasteiger partial charge in [-0.1, -0.05) is 30.2 Å². The second kappa shape index (κ2) is 9.77. The van der Waals surface area contributed by atoms with Crippen LogP contribution in [0.25, 0.3) is 0 Å². The van der Waals surface area contributed by atoms with E-state index in [4.69, 9.17) is 0 Å². The Balaban J connectivity index is 1.57. The van der Waals surface area contributed by atoms with E-state index in [1.54, 1.807) is 44.2 Å². The number of benzene rings is 2. The van der Waals surface area contributed by atoms with Crippen LogP contribution in [-0.4, -0.2) is 37.0 Å². The number of sulfone groups is 1. The Morgan fingerprint density at radius 1 is 0.906 bits per heavy atom. The summed E-state index contributed by atoms with van der Waals surface area (Å²) in [6, 6.07) is 12.2. The summed E-state index contributed by atoms with van der Waals surface area (Å²) >= 11 is 0. The molecule has 0 N–H and O–H groups in total. The summed E-state index contributed by atoms with van der Waals surface area (Å²) in [6.45, 7) is 5.28. The van der Waals surface area contributed by atoms with Crippen LogP contribution in [0.5, 0.6) is 0 Å². The van der Waals surface area contributed by atoms with Crippen LogP contribution in [0.1, 0.15) is 71.4 Å². The molecule has 0 spiro atoms. The molecule has 1 aliphatic heterocycles. The number of rotatable bonds is 10. The van der Waals surface area contributed by atoms with E-state index in [0.717, 1.165) is 5.56 Å². The van der Waals surface area contributed by atoms with Crippen molar-refractivity contribution in [2.45, 2.75) is 58.1 Å². The van der Waals surface area contributed by atoms with Crippen molar-refractivity contribution in [2.24, 2.45) is 0 Å². The van der Waals surface area contributed by atoms with Gasteiger partial charge in [0.05, 0.1) is 27.8 Å². The molecule has 0 saturated carbocycles. The van der Waals surface area contributed by atoms with Crippen LogP contribution >= 0.6 is 0 Å². The van der Waals surface area contributed by atoms with Gasteiger partial charge in [-0.2, -0.15) is 0 Å². The van der Waals surface area contributed by atoms with Gasteiger partial charge in [0.1, 0.15) is 5.78 Å². The monoisotopic (exact) mass is 455 g/mol. The Morgan fingerprint density at radius 2 is 1.56 bits per heavy atom. The van der Waals surface area contributed by atoms with Crippen molar-refractivity contribution in [1.29, 1.82) is 0 Å². The zero-order chi connectivity index (χ0) is 23.5. The Hall–Kier alpha value is -2.80. The molecular formula is C25H29NO5S. The molecule has 0 atom stereocenters. The normalized spacial score (nSPS) is 13.7. The summed E-state index contributed by atoms with van der Waals surface area (Å²) in [5.41, 5.74) is 2.92. The number of carbonyl (C=O) groups is 3. The fourth-order valence-electron chi connectivity index (χ4n) is 3.68. The fraction of sp³-hybridized carbons (Fsp3) is 0.400. The maximum atomic E-state index is 12.9. The summed E-state index contributed by atoms with van der Waals surface area (Å²) in [4.78, 5) is 39.1. The van der Waals surface area contributed by atoms with Gasteiger partial charge in [0, 0.05) is 12.8 Å². The fourth-order valence-corrected chi connectivity index (χ4v) is 4.76. The van der Waals surface area contributed by atoms with Gasteiger partial charge in [-0.15, -0.1) is 0 Å². The minimum absolute atomic E-state index is 0.0313. The molecule has 2 aromatic rings. The number of hydrogen-bond acceptors (Lipinski definition) is 5. The molecular weight excluding hydrogens is 426 g/mol. The van der Waals surface area contributed by atoms with Crippen LogP contribution in [0.3, 0.4) is 0 Å². The highest BCUT2D eigenvalue weighted by molar-refractivity contribution is 7.91. The highest BCUT2D eigenvalue weighted by Gasteiger charge is 2.36. The van der Waals surface area contributed by atoms with Crippen LogP contribution in [0, 0.1) is 6.92 Å². The van der Waals surface area contributed by atoms with Crippen molar-refractivity contribution in [3.05, 3.63) is 64.7 Å². The molecule has 0 fully saturated rings. The summed E-state index contributed by atoms with van der Waals surface area (Å²) in [7, 11) is -3.04. The molecule has 7 heteroatoms. The Morgan fingerprint density at radius 3 is 2.22 bits per heavy atom. The predicted octanol–water partition coefficient (Wildman–Crippen LogP) is 4.29. The van der Waals surface area contributed by atoms with Crippen molar-refractivity contribution in [3.8, 4) is 0 Å². The first-order valence-corrected chi connectivity index (χ1v) is 12.6. The minimum atomic E-state index is -3.04. The average Bonchev–Trinajstić information content (AvgIpc) is 2.98. The minimum Gasteiger partial charge on any atom is -0.299 e. The molecule has 32 heavy (non-hydrogen) atoms. The number of Topliss-reactive ketones (excluding diaryl/α,β-unsaturated/α-hetero) is 1. The molecule has 0 aliphatic carbocycles. The number of anilines is 1. The molecule has 0 radical (unpaired) electrons.